The Hall–Kier alpha value is -1.06. The second-order valence-electron chi connectivity index (χ2n) is 5.19. The van der Waals surface area contributed by atoms with Crippen molar-refractivity contribution in [2.75, 3.05) is 18.4 Å². The lowest BCUT2D eigenvalue weighted by Gasteiger charge is -2.21. The molecule has 0 unspecified atom stereocenters. The molecule has 19 heavy (non-hydrogen) atoms. The molecule has 0 saturated heterocycles. The number of hydrogen-bond acceptors (Lipinski definition) is 2. The number of halogens is 1. The predicted molar refractivity (Wildman–Crippen MR) is 79.5 cm³/mol. The summed E-state index contributed by atoms with van der Waals surface area (Å²) in [6, 6.07) is 7.21. The van der Waals surface area contributed by atoms with E-state index in [0.29, 0.717) is 11.6 Å². The molecule has 0 heterocycles. The quantitative estimate of drug-likeness (QED) is 0.867. The molecule has 0 radical (unpaired) electrons. The third-order valence-electron chi connectivity index (χ3n) is 3.55. The van der Waals surface area contributed by atoms with E-state index in [2.05, 4.69) is 10.6 Å². The van der Waals surface area contributed by atoms with Gasteiger partial charge in [0.25, 0.3) is 0 Å². The standard InChI is InChI=1S/C15H21ClN2O/c16-13-7-4-8-14(9-13)18-15(19)11-17-10-12-5-2-1-3-6-12/h4,7-9,12,17H,1-3,5-6,10-11H2,(H,18,19). The van der Waals surface area contributed by atoms with Crippen LogP contribution in [0.2, 0.25) is 5.02 Å². The number of amides is 1. The van der Waals surface area contributed by atoms with Crippen LogP contribution in [0.4, 0.5) is 5.69 Å². The predicted octanol–water partition coefficient (Wildman–Crippen LogP) is 3.45. The third kappa shape index (κ3) is 5.21. The average molecular weight is 281 g/mol. The minimum absolute atomic E-state index is 0.0157. The smallest absolute Gasteiger partial charge is 0.238 e. The minimum atomic E-state index is -0.0157. The van der Waals surface area contributed by atoms with Gasteiger partial charge < -0.3 is 10.6 Å². The maximum Gasteiger partial charge on any atom is 0.238 e. The maximum absolute atomic E-state index is 11.7. The molecule has 0 aliphatic heterocycles. The average Bonchev–Trinajstić information content (AvgIpc) is 2.40. The van der Waals surface area contributed by atoms with Crippen LogP contribution in [-0.4, -0.2) is 19.0 Å². The summed E-state index contributed by atoms with van der Waals surface area (Å²) in [5.41, 5.74) is 0.747. The molecular formula is C15H21ClN2O. The normalized spacial score (nSPS) is 16.3. The van der Waals surface area contributed by atoms with Gasteiger partial charge in [-0.1, -0.05) is 36.9 Å². The molecule has 1 aromatic carbocycles. The van der Waals surface area contributed by atoms with Gasteiger partial charge >= 0.3 is 0 Å². The molecule has 2 rings (SSSR count). The Balaban J connectivity index is 1.67. The summed E-state index contributed by atoms with van der Waals surface area (Å²) in [5.74, 6) is 0.728. The molecule has 2 N–H and O–H groups in total. The van der Waals surface area contributed by atoms with Crippen molar-refractivity contribution >= 4 is 23.2 Å². The molecule has 4 heteroatoms. The first kappa shape index (κ1) is 14.4. The summed E-state index contributed by atoms with van der Waals surface area (Å²) in [5, 5.41) is 6.71. The Morgan fingerprint density at radius 1 is 1.26 bits per heavy atom. The van der Waals surface area contributed by atoms with Crippen molar-refractivity contribution in [1.82, 2.24) is 5.32 Å². The highest BCUT2D eigenvalue weighted by molar-refractivity contribution is 6.30. The molecule has 3 nitrogen and oxygen atoms in total. The van der Waals surface area contributed by atoms with Crippen LogP contribution in [0, 0.1) is 5.92 Å². The Morgan fingerprint density at radius 2 is 2.05 bits per heavy atom. The van der Waals surface area contributed by atoms with Crippen molar-refractivity contribution in [1.29, 1.82) is 0 Å². The first-order valence-electron chi connectivity index (χ1n) is 7.00. The van der Waals surface area contributed by atoms with Crippen LogP contribution in [0.3, 0.4) is 0 Å². The number of hydrogen-bond donors (Lipinski definition) is 2. The van der Waals surface area contributed by atoms with Gasteiger partial charge in [-0.3, -0.25) is 4.79 Å². The topological polar surface area (TPSA) is 41.1 Å². The first-order valence-corrected chi connectivity index (χ1v) is 7.38. The van der Waals surface area contributed by atoms with Gasteiger partial charge in [-0.05, 0) is 43.5 Å². The molecule has 1 aromatic rings. The van der Waals surface area contributed by atoms with Crippen LogP contribution < -0.4 is 10.6 Å². The molecule has 0 spiro atoms. The zero-order valence-corrected chi connectivity index (χ0v) is 11.9. The molecular weight excluding hydrogens is 260 g/mol. The van der Waals surface area contributed by atoms with Gasteiger partial charge in [0, 0.05) is 10.7 Å². The molecule has 0 aromatic heterocycles. The highest BCUT2D eigenvalue weighted by Crippen LogP contribution is 2.22. The van der Waals surface area contributed by atoms with E-state index in [0.717, 1.165) is 18.2 Å². The fourth-order valence-corrected chi connectivity index (χ4v) is 2.74. The Morgan fingerprint density at radius 3 is 2.79 bits per heavy atom. The highest BCUT2D eigenvalue weighted by Gasteiger charge is 2.13. The van der Waals surface area contributed by atoms with E-state index in [-0.39, 0.29) is 5.91 Å². The van der Waals surface area contributed by atoms with Crippen LogP contribution >= 0.6 is 11.6 Å². The summed E-state index contributed by atoms with van der Waals surface area (Å²) < 4.78 is 0. The molecule has 1 amide bonds. The summed E-state index contributed by atoms with van der Waals surface area (Å²) >= 11 is 5.87. The second-order valence-corrected chi connectivity index (χ2v) is 5.63. The van der Waals surface area contributed by atoms with Crippen LogP contribution in [0.1, 0.15) is 32.1 Å². The van der Waals surface area contributed by atoms with Gasteiger partial charge in [-0.2, -0.15) is 0 Å². The number of carbonyl (C=O) groups is 1. The Bertz CT molecular complexity index is 416. The highest BCUT2D eigenvalue weighted by atomic mass is 35.5. The Kier molecular flexibility index (Phi) is 5.67. The molecule has 104 valence electrons. The van der Waals surface area contributed by atoms with Crippen molar-refractivity contribution in [3.63, 3.8) is 0 Å². The van der Waals surface area contributed by atoms with Crippen LogP contribution in [-0.2, 0) is 4.79 Å². The van der Waals surface area contributed by atoms with E-state index in [9.17, 15) is 4.79 Å². The van der Waals surface area contributed by atoms with E-state index in [1.165, 1.54) is 32.1 Å². The van der Waals surface area contributed by atoms with E-state index in [4.69, 9.17) is 11.6 Å². The fourth-order valence-electron chi connectivity index (χ4n) is 2.55. The lowest BCUT2D eigenvalue weighted by atomic mass is 9.89. The van der Waals surface area contributed by atoms with E-state index in [1.54, 1.807) is 12.1 Å². The van der Waals surface area contributed by atoms with Gasteiger partial charge in [0.1, 0.15) is 0 Å². The van der Waals surface area contributed by atoms with Gasteiger partial charge in [0.15, 0.2) is 0 Å². The number of rotatable bonds is 5. The SMILES string of the molecule is O=C(CNCC1CCCCC1)Nc1cccc(Cl)c1. The third-order valence-corrected chi connectivity index (χ3v) is 3.79. The fraction of sp³-hybridized carbons (Fsp3) is 0.533. The Labute approximate surface area is 119 Å². The zero-order valence-electron chi connectivity index (χ0n) is 11.1. The molecule has 1 saturated carbocycles. The van der Waals surface area contributed by atoms with Crippen molar-refractivity contribution in [2.45, 2.75) is 32.1 Å². The number of carbonyl (C=O) groups excluding carboxylic acids is 1. The number of benzene rings is 1. The molecule has 0 bridgehead atoms. The van der Waals surface area contributed by atoms with Gasteiger partial charge in [0.2, 0.25) is 5.91 Å². The van der Waals surface area contributed by atoms with Crippen molar-refractivity contribution < 1.29 is 4.79 Å². The summed E-state index contributed by atoms with van der Waals surface area (Å²) in [6.45, 7) is 1.31. The number of anilines is 1. The molecule has 0 atom stereocenters. The monoisotopic (exact) mass is 280 g/mol. The van der Waals surface area contributed by atoms with E-state index in [1.807, 2.05) is 12.1 Å². The van der Waals surface area contributed by atoms with Crippen LogP contribution in [0.25, 0.3) is 0 Å². The van der Waals surface area contributed by atoms with Gasteiger partial charge in [-0.25, -0.2) is 0 Å². The molecule has 1 fully saturated rings. The van der Waals surface area contributed by atoms with E-state index >= 15 is 0 Å². The lowest BCUT2D eigenvalue weighted by molar-refractivity contribution is -0.115. The second kappa shape index (κ2) is 7.51. The lowest BCUT2D eigenvalue weighted by Crippen LogP contribution is -2.32. The van der Waals surface area contributed by atoms with Crippen LogP contribution in [0.15, 0.2) is 24.3 Å². The minimum Gasteiger partial charge on any atom is -0.325 e. The first-order chi connectivity index (χ1) is 9.24. The molecule has 1 aliphatic carbocycles. The van der Waals surface area contributed by atoms with Crippen LogP contribution in [0.5, 0.6) is 0 Å². The van der Waals surface area contributed by atoms with Gasteiger partial charge in [-0.15, -0.1) is 0 Å². The van der Waals surface area contributed by atoms with E-state index < -0.39 is 0 Å². The largest absolute Gasteiger partial charge is 0.325 e. The van der Waals surface area contributed by atoms with Crippen molar-refractivity contribution in [2.24, 2.45) is 5.92 Å². The summed E-state index contributed by atoms with van der Waals surface area (Å²) in [7, 11) is 0. The van der Waals surface area contributed by atoms with Crippen molar-refractivity contribution in [3.05, 3.63) is 29.3 Å². The number of nitrogens with one attached hydrogen (secondary N) is 2. The van der Waals surface area contributed by atoms with Crippen molar-refractivity contribution in [3.8, 4) is 0 Å². The van der Waals surface area contributed by atoms with Gasteiger partial charge in [0.05, 0.1) is 6.54 Å². The molecule has 1 aliphatic rings. The summed E-state index contributed by atoms with van der Waals surface area (Å²) in [6.07, 6.45) is 6.62. The summed E-state index contributed by atoms with van der Waals surface area (Å²) in [4.78, 5) is 11.7. The maximum atomic E-state index is 11.7. The zero-order chi connectivity index (χ0) is 13.5.